The number of hydrogen-bond donors (Lipinski definition) is 1. The van der Waals surface area contributed by atoms with Crippen molar-refractivity contribution in [2.75, 3.05) is 5.32 Å². The Morgan fingerprint density at radius 1 is 1.06 bits per heavy atom. The maximum atomic E-state index is 12.0. The Kier molecular flexibility index (Phi) is 4.50. The molecule has 1 saturated carbocycles. The van der Waals surface area contributed by atoms with Gasteiger partial charge in [-0.05, 0) is 66.1 Å². The molecule has 0 saturated heterocycles. The average molecular weight is 459 g/mol. The van der Waals surface area contributed by atoms with Gasteiger partial charge in [-0.1, -0.05) is 0 Å². The third-order valence-electron chi connectivity index (χ3n) is 5.50. The topological polar surface area (TPSA) is 111 Å². The van der Waals surface area contributed by atoms with Gasteiger partial charge in [-0.2, -0.15) is 5.10 Å². The molecule has 1 amide bonds. The first-order valence-corrected chi connectivity index (χ1v) is 11.2. The van der Waals surface area contributed by atoms with Gasteiger partial charge in [0.25, 0.3) is 5.56 Å². The van der Waals surface area contributed by atoms with Gasteiger partial charge in [0.2, 0.25) is 11.1 Å². The standard InChI is InChI=1S/C22H18N8O2S/c1-28-9-8-14(10-20(28)31)15-4-5-18-25-26-22(29(18)11-15)33-19-7-6-17-23-16(12-30(17)27-19)24-21(32)13-2-3-13/h4-13H,2-3H2,1H3,(H,24,32). The monoisotopic (exact) mass is 458 g/mol. The highest BCUT2D eigenvalue weighted by molar-refractivity contribution is 7.99. The Morgan fingerprint density at radius 3 is 2.73 bits per heavy atom. The second-order valence-corrected chi connectivity index (χ2v) is 8.95. The Balaban J connectivity index is 1.30. The number of hydrogen-bond acceptors (Lipinski definition) is 7. The van der Waals surface area contributed by atoms with Crippen LogP contribution in [0.2, 0.25) is 0 Å². The molecule has 0 aromatic carbocycles. The molecule has 164 valence electrons. The van der Waals surface area contributed by atoms with Crippen LogP contribution in [0.15, 0.2) is 70.0 Å². The summed E-state index contributed by atoms with van der Waals surface area (Å²) in [4.78, 5) is 28.4. The summed E-state index contributed by atoms with van der Waals surface area (Å²) in [5.41, 5.74) is 2.97. The third-order valence-corrected chi connectivity index (χ3v) is 6.39. The minimum atomic E-state index is -0.0727. The van der Waals surface area contributed by atoms with Crippen molar-refractivity contribution in [1.29, 1.82) is 0 Å². The smallest absolute Gasteiger partial charge is 0.250 e. The second kappa shape index (κ2) is 7.55. The molecule has 1 aliphatic carbocycles. The fourth-order valence-electron chi connectivity index (χ4n) is 3.48. The first-order chi connectivity index (χ1) is 16.0. The number of rotatable bonds is 5. The number of fused-ring (bicyclic) bond motifs is 2. The van der Waals surface area contributed by atoms with Crippen molar-refractivity contribution in [3.8, 4) is 11.1 Å². The van der Waals surface area contributed by atoms with E-state index in [-0.39, 0.29) is 17.4 Å². The van der Waals surface area contributed by atoms with E-state index in [0.29, 0.717) is 27.3 Å². The highest BCUT2D eigenvalue weighted by Gasteiger charge is 2.30. The summed E-state index contributed by atoms with van der Waals surface area (Å²) in [6, 6.07) is 11.0. The maximum Gasteiger partial charge on any atom is 0.250 e. The van der Waals surface area contributed by atoms with Gasteiger partial charge in [0.05, 0.1) is 6.20 Å². The van der Waals surface area contributed by atoms with E-state index in [2.05, 4.69) is 25.6 Å². The molecular formula is C22H18N8O2S. The molecule has 0 spiro atoms. The number of pyridine rings is 2. The van der Waals surface area contributed by atoms with Crippen LogP contribution in [-0.2, 0) is 11.8 Å². The summed E-state index contributed by atoms with van der Waals surface area (Å²) in [6.45, 7) is 0. The third kappa shape index (κ3) is 3.76. The number of aromatic nitrogens is 7. The van der Waals surface area contributed by atoms with Crippen molar-refractivity contribution in [3.05, 3.63) is 65.3 Å². The van der Waals surface area contributed by atoms with E-state index in [1.807, 2.05) is 40.9 Å². The molecule has 0 unspecified atom stereocenters. The molecule has 33 heavy (non-hydrogen) atoms. The minimum absolute atomic E-state index is 0.00927. The van der Waals surface area contributed by atoms with Crippen molar-refractivity contribution in [1.82, 2.24) is 33.8 Å². The average Bonchev–Trinajstić information content (AvgIpc) is 3.49. The van der Waals surface area contributed by atoms with E-state index < -0.39 is 0 Å². The van der Waals surface area contributed by atoms with Crippen LogP contribution in [0.4, 0.5) is 5.82 Å². The van der Waals surface area contributed by atoms with Crippen LogP contribution in [0, 0.1) is 5.92 Å². The number of amides is 1. The van der Waals surface area contributed by atoms with Gasteiger partial charge < -0.3 is 9.88 Å². The minimum Gasteiger partial charge on any atom is -0.319 e. The van der Waals surface area contributed by atoms with Crippen LogP contribution in [0.5, 0.6) is 0 Å². The predicted octanol–water partition coefficient (Wildman–Crippen LogP) is 2.64. The van der Waals surface area contributed by atoms with Crippen molar-refractivity contribution in [2.45, 2.75) is 23.0 Å². The lowest BCUT2D eigenvalue weighted by atomic mass is 10.1. The number of nitrogens with one attached hydrogen (secondary N) is 1. The van der Waals surface area contributed by atoms with E-state index in [4.69, 9.17) is 0 Å². The highest BCUT2D eigenvalue weighted by atomic mass is 32.2. The Hall–Kier alpha value is -3.99. The van der Waals surface area contributed by atoms with E-state index in [0.717, 1.165) is 24.0 Å². The van der Waals surface area contributed by atoms with Crippen molar-refractivity contribution < 1.29 is 4.79 Å². The molecule has 0 radical (unpaired) electrons. The lowest BCUT2D eigenvalue weighted by Gasteiger charge is -2.05. The van der Waals surface area contributed by atoms with Crippen molar-refractivity contribution >= 4 is 34.8 Å². The Labute approximate surface area is 191 Å². The van der Waals surface area contributed by atoms with Crippen LogP contribution >= 0.6 is 11.8 Å². The summed E-state index contributed by atoms with van der Waals surface area (Å²) < 4.78 is 5.04. The van der Waals surface area contributed by atoms with Gasteiger partial charge >= 0.3 is 0 Å². The number of imidazole rings is 1. The van der Waals surface area contributed by atoms with Gasteiger partial charge in [-0.25, -0.2) is 9.50 Å². The first-order valence-electron chi connectivity index (χ1n) is 10.4. The molecule has 11 heteroatoms. The van der Waals surface area contributed by atoms with Crippen LogP contribution in [0.3, 0.4) is 0 Å². The predicted molar refractivity (Wildman–Crippen MR) is 122 cm³/mol. The molecule has 6 rings (SSSR count). The maximum absolute atomic E-state index is 12.0. The number of carbonyl (C=O) groups excluding carboxylic acids is 1. The molecule has 1 aliphatic rings. The van der Waals surface area contributed by atoms with E-state index in [1.165, 1.54) is 16.3 Å². The van der Waals surface area contributed by atoms with Gasteiger partial charge in [-0.3, -0.25) is 14.0 Å². The van der Waals surface area contributed by atoms with Gasteiger partial charge in [0.1, 0.15) is 5.03 Å². The van der Waals surface area contributed by atoms with E-state index >= 15 is 0 Å². The summed E-state index contributed by atoms with van der Waals surface area (Å²) in [7, 11) is 1.72. The number of nitrogens with zero attached hydrogens (tertiary/aromatic N) is 7. The molecular weight excluding hydrogens is 440 g/mol. The lowest BCUT2D eigenvalue weighted by Crippen LogP contribution is -2.14. The number of aryl methyl sites for hydroxylation is 1. The molecule has 0 aliphatic heterocycles. The second-order valence-electron chi connectivity index (χ2n) is 7.96. The fourth-order valence-corrected chi connectivity index (χ4v) is 4.26. The molecule has 1 N–H and O–H groups in total. The Morgan fingerprint density at radius 2 is 1.91 bits per heavy atom. The number of carbonyl (C=O) groups is 1. The highest BCUT2D eigenvalue weighted by Crippen LogP contribution is 2.30. The SMILES string of the molecule is Cn1ccc(-c2ccc3nnc(Sc4ccc5nc(NC(=O)C6CC6)cn5n4)n3c2)cc1=O. The van der Waals surface area contributed by atoms with Crippen LogP contribution < -0.4 is 10.9 Å². The summed E-state index contributed by atoms with van der Waals surface area (Å²) in [5, 5.41) is 17.3. The van der Waals surface area contributed by atoms with Gasteiger partial charge in [-0.15, -0.1) is 10.2 Å². The quantitative estimate of drug-likeness (QED) is 0.431. The Bertz CT molecular complexity index is 1600. The molecule has 0 bridgehead atoms. The molecule has 0 atom stereocenters. The van der Waals surface area contributed by atoms with Crippen molar-refractivity contribution in [2.24, 2.45) is 13.0 Å². The largest absolute Gasteiger partial charge is 0.319 e. The molecule has 5 aromatic rings. The molecule has 5 aromatic heterocycles. The molecule has 5 heterocycles. The first kappa shape index (κ1) is 19.7. The zero-order chi connectivity index (χ0) is 22.5. The van der Waals surface area contributed by atoms with E-state index in [1.54, 1.807) is 30.0 Å². The fraction of sp³-hybridized carbons (Fsp3) is 0.182. The van der Waals surface area contributed by atoms with Gasteiger partial charge in [0.15, 0.2) is 17.1 Å². The van der Waals surface area contributed by atoms with Gasteiger partial charge in [0, 0.05) is 31.4 Å². The van der Waals surface area contributed by atoms with Crippen LogP contribution in [0.25, 0.3) is 22.4 Å². The lowest BCUT2D eigenvalue weighted by molar-refractivity contribution is -0.117. The normalized spacial score (nSPS) is 13.6. The summed E-state index contributed by atoms with van der Waals surface area (Å²) >= 11 is 1.36. The van der Waals surface area contributed by atoms with Crippen molar-refractivity contribution in [3.63, 3.8) is 0 Å². The van der Waals surface area contributed by atoms with E-state index in [9.17, 15) is 9.59 Å². The summed E-state index contributed by atoms with van der Waals surface area (Å²) in [6.07, 6.45) is 7.24. The number of anilines is 1. The van der Waals surface area contributed by atoms with Crippen LogP contribution in [0.1, 0.15) is 12.8 Å². The summed E-state index contributed by atoms with van der Waals surface area (Å²) in [5.74, 6) is 0.613. The molecule has 10 nitrogen and oxygen atoms in total. The zero-order valence-corrected chi connectivity index (χ0v) is 18.4. The van der Waals surface area contributed by atoms with Crippen LogP contribution in [-0.4, -0.2) is 39.7 Å². The zero-order valence-electron chi connectivity index (χ0n) is 17.5. The molecule has 1 fully saturated rings.